The molecule has 0 aromatic heterocycles. The van der Waals surface area contributed by atoms with Gasteiger partial charge in [-0.05, 0) is 13.8 Å². The molecule has 0 saturated heterocycles. The summed E-state index contributed by atoms with van der Waals surface area (Å²) in [6.07, 6.45) is 1.38. The first-order valence-corrected chi connectivity index (χ1v) is 4.83. The third kappa shape index (κ3) is 3.86. The molecule has 0 heterocycles. The van der Waals surface area contributed by atoms with Crippen molar-refractivity contribution in [3.63, 3.8) is 0 Å². The standard InChI is InChI=1S/C6H9N2O3P/c1-6(2)3-12(11,7-4-9)8-5-10/h3-4H,1-2H3,(H,7,9,11). The third-order valence-corrected chi connectivity index (χ3v) is 2.58. The Morgan fingerprint density at radius 3 is 2.50 bits per heavy atom. The molecular weight excluding hydrogens is 179 g/mol. The molecule has 1 N–H and O–H groups in total. The smallest absolute Gasteiger partial charge is 0.288 e. The fraction of sp³-hybridized carbons (Fsp3) is 0.333. The monoisotopic (exact) mass is 188 g/mol. The van der Waals surface area contributed by atoms with Crippen LogP contribution in [0.5, 0.6) is 0 Å². The van der Waals surface area contributed by atoms with Gasteiger partial charge in [-0.1, -0.05) is 5.57 Å². The molecule has 0 aliphatic rings. The Morgan fingerprint density at radius 2 is 2.17 bits per heavy atom. The van der Waals surface area contributed by atoms with E-state index in [0.29, 0.717) is 5.57 Å². The lowest BCUT2D eigenvalue weighted by molar-refractivity contribution is -0.108. The Kier molecular flexibility index (Phi) is 4.19. The Bertz CT molecular complexity index is 287. The van der Waals surface area contributed by atoms with Crippen molar-refractivity contribution in [1.29, 1.82) is 0 Å². The Hall–Kier alpha value is -1.18. The molecule has 66 valence electrons. The number of hydrogen-bond donors (Lipinski definition) is 1. The quantitative estimate of drug-likeness (QED) is 0.311. The number of hydrogen-bond acceptors (Lipinski definition) is 3. The van der Waals surface area contributed by atoms with Crippen LogP contribution in [0.3, 0.4) is 0 Å². The molecule has 0 aliphatic heterocycles. The number of amides is 1. The van der Waals surface area contributed by atoms with E-state index in [9.17, 15) is 14.2 Å². The second kappa shape index (κ2) is 4.65. The third-order valence-electron chi connectivity index (χ3n) is 0.860. The lowest BCUT2D eigenvalue weighted by Crippen LogP contribution is -2.03. The maximum absolute atomic E-state index is 11.4. The topological polar surface area (TPSA) is 75.6 Å². The minimum atomic E-state index is -3.35. The van der Waals surface area contributed by atoms with Crippen molar-refractivity contribution in [1.82, 2.24) is 5.09 Å². The lowest BCUT2D eigenvalue weighted by atomic mass is 10.4. The molecule has 12 heavy (non-hydrogen) atoms. The average molecular weight is 188 g/mol. The predicted molar refractivity (Wildman–Crippen MR) is 44.4 cm³/mol. The molecule has 1 unspecified atom stereocenters. The van der Waals surface area contributed by atoms with Crippen LogP contribution in [0.25, 0.3) is 0 Å². The minimum Gasteiger partial charge on any atom is -0.288 e. The highest BCUT2D eigenvalue weighted by Crippen LogP contribution is 2.43. The van der Waals surface area contributed by atoms with Crippen LogP contribution in [0.15, 0.2) is 16.2 Å². The molecule has 0 aromatic carbocycles. The largest absolute Gasteiger partial charge is 0.313 e. The SMILES string of the molecule is CC(C)=CP(=O)(N=C=O)NC=O. The first-order chi connectivity index (χ1) is 5.54. The number of carbonyl (C=O) groups is 1. The first-order valence-electron chi connectivity index (χ1n) is 3.11. The number of carbonyl (C=O) groups excluding carboxylic acids is 2. The Morgan fingerprint density at radius 1 is 1.58 bits per heavy atom. The van der Waals surface area contributed by atoms with Gasteiger partial charge in [-0.3, -0.25) is 14.4 Å². The van der Waals surface area contributed by atoms with E-state index in [-0.39, 0.29) is 6.41 Å². The van der Waals surface area contributed by atoms with E-state index in [4.69, 9.17) is 0 Å². The highest BCUT2D eigenvalue weighted by molar-refractivity contribution is 7.64. The second-order valence-corrected chi connectivity index (χ2v) is 4.23. The predicted octanol–water partition coefficient (Wildman–Crippen LogP) is 1.18. The van der Waals surface area contributed by atoms with Crippen LogP contribution in [-0.2, 0) is 14.2 Å². The van der Waals surface area contributed by atoms with Crippen LogP contribution in [0, 0.1) is 0 Å². The van der Waals surface area contributed by atoms with Crippen molar-refractivity contribution in [3.8, 4) is 0 Å². The van der Waals surface area contributed by atoms with Gasteiger partial charge >= 0.3 is 7.44 Å². The molecule has 0 fully saturated rings. The number of nitrogens with zero attached hydrogens (tertiary/aromatic N) is 1. The molecule has 0 radical (unpaired) electrons. The molecule has 0 saturated carbocycles. The van der Waals surface area contributed by atoms with Crippen molar-refractivity contribution >= 4 is 19.9 Å². The first kappa shape index (κ1) is 10.8. The minimum absolute atomic E-state index is 0.237. The average Bonchev–Trinajstić information content (AvgIpc) is 1.85. The van der Waals surface area contributed by atoms with Crippen molar-refractivity contribution in [2.45, 2.75) is 13.8 Å². The van der Waals surface area contributed by atoms with Gasteiger partial charge in [-0.25, -0.2) is 4.79 Å². The molecule has 0 aliphatic carbocycles. The van der Waals surface area contributed by atoms with E-state index in [0.717, 1.165) is 6.08 Å². The van der Waals surface area contributed by atoms with Gasteiger partial charge in [0.1, 0.15) is 0 Å². The van der Waals surface area contributed by atoms with E-state index >= 15 is 0 Å². The van der Waals surface area contributed by atoms with Crippen LogP contribution >= 0.6 is 7.44 Å². The maximum atomic E-state index is 11.4. The van der Waals surface area contributed by atoms with Gasteiger partial charge in [0, 0.05) is 5.82 Å². The normalized spacial score (nSPS) is 13.5. The van der Waals surface area contributed by atoms with Crippen LogP contribution in [0.1, 0.15) is 13.8 Å². The molecule has 0 aromatic rings. The number of allylic oxidation sites excluding steroid dienone is 1. The zero-order chi connectivity index (χ0) is 9.61. The van der Waals surface area contributed by atoms with Crippen molar-refractivity contribution < 1.29 is 14.2 Å². The molecule has 5 nitrogen and oxygen atoms in total. The van der Waals surface area contributed by atoms with Crippen molar-refractivity contribution in [2.24, 2.45) is 4.76 Å². The molecular formula is C6H9N2O3P. The zero-order valence-electron chi connectivity index (χ0n) is 6.77. The van der Waals surface area contributed by atoms with Gasteiger partial charge < -0.3 is 0 Å². The fourth-order valence-corrected chi connectivity index (χ4v) is 1.74. The fourth-order valence-electron chi connectivity index (χ4n) is 0.581. The van der Waals surface area contributed by atoms with Gasteiger partial charge in [0.25, 0.3) is 0 Å². The molecule has 0 rings (SSSR count). The summed E-state index contributed by atoms with van der Waals surface area (Å²) in [6, 6.07) is 0. The zero-order valence-corrected chi connectivity index (χ0v) is 7.67. The van der Waals surface area contributed by atoms with E-state index < -0.39 is 7.44 Å². The number of isocyanates is 1. The Balaban J connectivity index is 4.87. The lowest BCUT2D eigenvalue weighted by Gasteiger charge is -2.03. The van der Waals surface area contributed by atoms with E-state index in [1.54, 1.807) is 13.8 Å². The van der Waals surface area contributed by atoms with Gasteiger partial charge in [0.05, 0.1) is 0 Å². The summed E-state index contributed by atoms with van der Waals surface area (Å²) in [7, 11) is -3.35. The molecule has 0 bridgehead atoms. The van der Waals surface area contributed by atoms with E-state index in [2.05, 4.69) is 4.76 Å². The maximum Gasteiger partial charge on any atom is 0.313 e. The summed E-state index contributed by atoms with van der Waals surface area (Å²) in [4.78, 5) is 19.8. The summed E-state index contributed by atoms with van der Waals surface area (Å²) >= 11 is 0. The summed E-state index contributed by atoms with van der Waals surface area (Å²) < 4.78 is 14.4. The van der Waals surface area contributed by atoms with Crippen molar-refractivity contribution in [2.75, 3.05) is 0 Å². The van der Waals surface area contributed by atoms with Crippen LogP contribution in [0.2, 0.25) is 0 Å². The van der Waals surface area contributed by atoms with Crippen molar-refractivity contribution in [3.05, 3.63) is 11.4 Å². The van der Waals surface area contributed by atoms with Gasteiger partial charge in [-0.2, -0.15) is 0 Å². The molecule has 1 atom stereocenters. The van der Waals surface area contributed by atoms with Gasteiger partial charge in [0.15, 0.2) is 0 Å². The molecule has 6 heteroatoms. The van der Waals surface area contributed by atoms with E-state index in [1.807, 2.05) is 5.09 Å². The summed E-state index contributed by atoms with van der Waals surface area (Å²) in [6.45, 7) is 3.36. The summed E-state index contributed by atoms with van der Waals surface area (Å²) in [5, 5.41) is 1.96. The number of nitrogens with one attached hydrogen (secondary N) is 1. The van der Waals surface area contributed by atoms with Crippen LogP contribution < -0.4 is 5.09 Å². The van der Waals surface area contributed by atoms with Crippen LogP contribution in [-0.4, -0.2) is 12.5 Å². The summed E-state index contributed by atoms with van der Waals surface area (Å²) in [5.74, 6) is 1.23. The van der Waals surface area contributed by atoms with Gasteiger partial charge in [-0.15, -0.1) is 4.76 Å². The van der Waals surface area contributed by atoms with Crippen LogP contribution in [0.4, 0.5) is 0 Å². The van der Waals surface area contributed by atoms with Gasteiger partial charge in [0.2, 0.25) is 12.5 Å². The highest BCUT2D eigenvalue weighted by atomic mass is 31.2. The molecule has 1 amide bonds. The Labute approximate surface area is 70.0 Å². The summed E-state index contributed by atoms with van der Waals surface area (Å²) in [5.41, 5.74) is 0.701. The van der Waals surface area contributed by atoms with E-state index in [1.165, 1.54) is 5.82 Å². The highest BCUT2D eigenvalue weighted by Gasteiger charge is 2.15. The molecule has 0 spiro atoms. The second-order valence-electron chi connectivity index (χ2n) is 2.27. The number of rotatable bonds is 4.